The van der Waals surface area contributed by atoms with Crippen LogP contribution in [0.5, 0.6) is 0 Å². The second kappa shape index (κ2) is 7.47. The van der Waals surface area contributed by atoms with E-state index < -0.39 is 0 Å². The summed E-state index contributed by atoms with van der Waals surface area (Å²) in [5.74, 6) is 0. The second-order valence-electron chi connectivity index (χ2n) is 3.52. The van der Waals surface area contributed by atoms with Gasteiger partial charge in [-0.3, -0.25) is 4.68 Å². The van der Waals surface area contributed by atoms with E-state index in [9.17, 15) is 0 Å². The average Bonchev–Trinajstić information content (AvgIpc) is 2.62. The molecule has 0 radical (unpaired) electrons. The van der Waals surface area contributed by atoms with Gasteiger partial charge in [-0.25, -0.2) is 0 Å². The normalized spacial score (nSPS) is 10.3. The molecule has 2 N–H and O–H groups in total. The quantitative estimate of drug-likeness (QED) is 0.601. The summed E-state index contributed by atoms with van der Waals surface area (Å²) in [6.45, 7) is 2.08. The van der Waals surface area contributed by atoms with Crippen LogP contribution in [0.15, 0.2) is 6.20 Å². The predicted molar refractivity (Wildman–Crippen MR) is 72.2 cm³/mol. The summed E-state index contributed by atoms with van der Waals surface area (Å²) in [5.41, 5.74) is 0.910. The molecule has 0 atom stereocenters. The standard InChI is InChI=1S/C10H17ClN4OS/c1-15-9(8(11)6-14-15)7-13-10(17)12-4-3-5-16-2/h6H,3-5,7H2,1-2H3,(H2,12,13,17). The fourth-order valence-electron chi connectivity index (χ4n) is 1.28. The van der Waals surface area contributed by atoms with Gasteiger partial charge in [0, 0.05) is 27.3 Å². The molecule has 7 heteroatoms. The van der Waals surface area contributed by atoms with Crippen molar-refractivity contribution < 1.29 is 4.74 Å². The molecule has 0 saturated heterocycles. The van der Waals surface area contributed by atoms with Crippen molar-refractivity contribution in [3.8, 4) is 0 Å². The highest BCUT2D eigenvalue weighted by Gasteiger charge is 2.06. The first-order valence-electron chi connectivity index (χ1n) is 5.32. The molecule has 0 spiro atoms. The van der Waals surface area contributed by atoms with Gasteiger partial charge in [-0.1, -0.05) is 11.6 Å². The molecule has 0 saturated carbocycles. The summed E-state index contributed by atoms with van der Waals surface area (Å²) in [5, 5.41) is 11.5. The lowest BCUT2D eigenvalue weighted by Crippen LogP contribution is -2.36. The van der Waals surface area contributed by atoms with Crippen LogP contribution in [-0.2, 0) is 18.3 Å². The lowest BCUT2D eigenvalue weighted by Gasteiger charge is -2.10. The maximum Gasteiger partial charge on any atom is 0.166 e. The molecule has 0 aliphatic carbocycles. The van der Waals surface area contributed by atoms with Gasteiger partial charge in [0.25, 0.3) is 0 Å². The van der Waals surface area contributed by atoms with Crippen LogP contribution in [-0.4, -0.2) is 35.2 Å². The van der Waals surface area contributed by atoms with Gasteiger partial charge in [-0.15, -0.1) is 0 Å². The Labute approximate surface area is 111 Å². The minimum Gasteiger partial charge on any atom is -0.385 e. The molecule has 5 nitrogen and oxygen atoms in total. The summed E-state index contributed by atoms with van der Waals surface area (Å²) in [7, 11) is 3.53. The number of ether oxygens (including phenoxy) is 1. The highest BCUT2D eigenvalue weighted by Crippen LogP contribution is 2.13. The van der Waals surface area contributed by atoms with Gasteiger partial charge in [0.15, 0.2) is 5.11 Å². The third-order valence-electron chi connectivity index (χ3n) is 2.24. The van der Waals surface area contributed by atoms with Gasteiger partial charge in [0.1, 0.15) is 0 Å². The summed E-state index contributed by atoms with van der Waals surface area (Å²) in [6.07, 6.45) is 2.54. The van der Waals surface area contributed by atoms with Gasteiger partial charge < -0.3 is 15.4 Å². The van der Waals surface area contributed by atoms with Gasteiger partial charge in [0.05, 0.1) is 23.5 Å². The van der Waals surface area contributed by atoms with Crippen molar-refractivity contribution in [3.05, 3.63) is 16.9 Å². The van der Waals surface area contributed by atoms with Crippen molar-refractivity contribution in [2.24, 2.45) is 7.05 Å². The number of hydrogen-bond acceptors (Lipinski definition) is 3. The molecule has 0 fully saturated rings. The van der Waals surface area contributed by atoms with E-state index >= 15 is 0 Å². The number of rotatable bonds is 6. The van der Waals surface area contributed by atoms with E-state index in [1.165, 1.54) is 0 Å². The zero-order chi connectivity index (χ0) is 12.7. The number of methoxy groups -OCH3 is 1. The van der Waals surface area contributed by atoms with Crippen LogP contribution < -0.4 is 10.6 Å². The van der Waals surface area contributed by atoms with Crippen LogP contribution in [0.3, 0.4) is 0 Å². The third kappa shape index (κ3) is 4.89. The van der Waals surface area contributed by atoms with Crippen LogP contribution in [0, 0.1) is 0 Å². The molecule has 0 aromatic carbocycles. The predicted octanol–water partition coefficient (Wildman–Crippen LogP) is 1.07. The van der Waals surface area contributed by atoms with E-state index in [2.05, 4.69) is 15.7 Å². The van der Waals surface area contributed by atoms with Crippen molar-refractivity contribution in [3.63, 3.8) is 0 Å². The number of aryl methyl sites for hydroxylation is 1. The molecule has 0 aliphatic rings. The summed E-state index contributed by atoms with van der Waals surface area (Å²) in [6, 6.07) is 0. The zero-order valence-electron chi connectivity index (χ0n) is 9.99. The van der Waals surface area contributed by atoms with Crippen LogP contribution in [0.1, 0.15) is 12.1 Å². The minimum atomic E-state index is 0.561. The Bertz CT molecular complexity index is 350. The SMILES string of the molecule is COCCCNC(=S)NCc1c(Cl)cnn1C. The van der Waals surface area contributed by atoms with E-state index in [1.54, 1.807) is 18.0 Å². The lowest BCUT2D eigenvalue weighted by atomic mass is 10.4. The molecule has 17 heavy (non-hydrogen) atoms. The number of thiocarbonyl (C=S) groups is 1. The fraction of sp³-hybridized carbons (Fsp3) is 0.600. The van der Waals surface area contributed by atoms with Crippen LogP contribution in [0.4, 0.5) is 0 Å². The smallest absolute Gasteiger partial charge is 0.166 e. The van der Waals surface area contributed by atoms with E-state index in [0.29, 0.717) is 16.7 Å². The van der Waals surface area contributed by atoms with Crippen molar-refractivity contribution in [2.45, 2.75) is 13.0 Å². The summed E-state index contributed by atoms with van der Waals surface area (Å²) in [4.78, 5) is 0. The highest BCUT2D eigenvalue weighted by atomic mass is 35.5. The molecule has 1 heterocycles. The number of aromatic nitrogens is 2. The Morgan fingerprint density at radius 1 is 1.59 bits per heavy atom. The zero-order valence-corrected chi connectivity index (χ0v) is 11.6. The highest BCUT2D eigenvalue weighted by molar-refractivity contribution is 7.80. The fourth-order valence-corrected chi connectivity index (χ4v) is 1.69. The van der Waals surface area contributed by atoms with E-state index in [-0.39, 0.29) is 0 Å². The van der Waals surface area contributed by atoms with Gasteiger partial charge in [0.2, 0.25) is 0 Å². The Morgan fingerprint density at radius 2 is 2.35 bits per heavy atom. The first-order chi connectivity index (χ1) is 8.15. The second-order valence-corrected chi connectivity index (χ2v) is 4.33. The first kappa shape index (κ1) is 14.2. The number of hydrogen-bond donors (Lipinski definition) is 2. The molecule has 0 aliphatic heterocycles. The van der Waals surface area contributed by atoms with E-state index in [4.69, 9.17) is 28.6 Å². The largest absolute Gasteiger partial charge is 0.385 e. The Balaban J connectivity index is 2.24. The van der Waals surface area contributed by atoms with Crippen molar-refractivity contribution in [1.29, 1.82) is 0 Å². The molecule has 96 valence electrons. The van der Waals surface area contributed by atoms with Gasteiger partial charge in [-0.05, 0) is 18.6 Å². The molecular formula is C10H17ClN4OS. The Hall–Kier alpha value is -0.850. The average molecular weight is 277 g/mol. The van der Waals surface area contributed by atoms with Crippen LogP contribution >= 0.6 is 23.8 Å². The molecular weight excluding hydrogens is 260 g/mol. The van der Waals surface area contributed by atoms with E-state index in [1.807, 2.05) is 7.05 Å². The molecule has 0 bridgehead atoms. The van der Waals surface area contributed by atoms with Crippen molar-refractivity contribution in [2.75, 3.05) is 20.3 Å². The summed E-state index contributed by atoms with van der Waals surface area (Å²) < 4.78 is 6.67. The topological polar surface area (TPSA) is 51.1 Å². The Kier molecular flexibility index (Phi) is 6.25. The molecule has 0 amide bonds. The number of nitrogens with zero attached hydrogens (tertiary/aromatic N) is 2. The molecule has 1 aromatic heterocycles. The first-order valence-corrected chi connectivity index (χ1v) is 6.10. The van der Waals surface area contributed by atoms with Gasteiger partial charge >= 0.3 is 0 Å². The van der Waals surface area contributed by atoms with Crippen LogP contribution in [0.2, 0.25) is 5.02 Å². The third-order valence-corrected chi connectivity index (χ3v) is 2.84. The molecule has 1 aromatic rings. The van der Waals surface area contributed by atoms with Gasteiger partial charge in [-0.2, -0.15) is 5.10 Å². The maximum atomic E-state index is 5.97. The Morgan fingerprint density at radius 3 is 2.94 bits per heavy atom. The van der Waals surface area contributed by atoms with Crippen LogP contribution in [0.25, 0.3) is 0 Å². The van der Waals surface area contributed by atoms with E-state index in [0.717, 1.165) is 25.3 Å². The minimum absolute atomic E-state index is 0.561. The summed E-state index contributed by atoms with van der Waals surface area (Å²) >= 11 is 11.1. The number of halogens is 1. The maximum absolute atomic E-state index is 5.97. The molecule has 0 unspecified atom stereocenters. The number of nitrogens with one attached hydrogen (secondary N) is 2. The lowest BCUT2D eigenvalue weighted by molar-refractivity contribution is 0.195. The monoisotopic (exact) mass is 276 g/mol. The van der Waals surface area contributed by atoms with Crippen molar-refractivity contribution >= 4 is 28.9 Å². The van der Waals surface area contributed by atoms with Crippen molar-refractivity contribution in [1.82, 2.24) is 20.4 Å². The molecule has 1 rings (SSSR count).